The minimum Gasteiger partial charge on any atom is -0.497 e. The third-order valence-corrected chi connectivity index (χ3v) is 4.82. The van der Waals surface area contributed by atoms with Crippen molar-refractivity contribution in [1.29, 1.82) is 0 Å². The molecule has 3 rings (SSSR count). The highest BCUT2D eigenvalue weighted by Crippen LogP contribution is 2.26. The number of anilines is 2. The summed E-state index contributed by atoms with van der Waals surface area (Å²) in [6.45, 7) is 0.852. The lowest BCUT2D eigenvalue weighted by atomic mass is 10.2. The molecule has 2 aromatic rings. The van der Waals surface area contributed by atoms with Crippen molar-refractivity contribution in [2.75, 3.05) is 23.7 Å². The van der Waals surface area contributed by atoms with Gasteiger partial charge >= 0.3 is 0 Å². The zero-order valence-corrected chi connectivity index (χ0v) is 12.4. The van der Waals surface area contributed by atoms with Gasteiger partial charge < -0.3 is 10.1 Å². The average Bonchev–Trinajstić information content (AvgIpc) is 2.95. The number of methoxy groups -OCH3 is 1. The van der Waals surface area contributed by atoms with Gasteiger partial charge in [-0.2, -0.15) is 0 Å². The van der Waals surface area contributed by atoms with Crippen molar-refractivity contribution in [3.05, 3.63) is 48.0 Å². The smallest absolute Gasteiger partial charge is 0.261 e. The summed E-state index contributed by atoms with van der Waals surface area (Å²) in [7, 11) is -2.01. The van der Waals surface area contributed by atoms with Gasteiger partial charge in [0, 0.05) is 17.9 Å². The summed E-state index contributed by atoms with van der Waals surface area (Å²) < 4.78 is 32.4. The minimum atomic E-state index is -3.57. The first-order valence-corrected chi connectivity index (χ1v) is 8.10. The SMILES string of the molecule is COc1ccc(NS(=O)(=O)c2ccc3c(c2)CCN3)cc1. The summed E-state index contributed by atoms with van der Waals surface area (Å²) in [6, 6.07) is 11.9. The normalized spacial score (nSPS) is 13.4. The molecular weight excluding hydrogens is 288 g/mol. The molecule has 0 spiro atoms. The standard InChI is InChI=1S/C15H16N2O3S/c1-20-13-4-2-12(3-5-13)17-21(18,19)14-6-7-15-11(10-14)8-9-16-15/h2-7,10,16-17H,8-9H2,1H3. The molecule has 0 aliphatic carbocycles. The molecule has 1 heterocycles. The molecule has 1 aliphatic heterocycles. The van der Waals surface area contributed by atoms with Crippen LogP contribution in [0.4, 0.5) is 11.4 Å². The first kappa shape index (κ1) is 13.8. The molecule has 2 aromatic carbocycles. The number of nitrogens with one attached hydrogen (secondary N) is 2. The summed E-state index contributed by atoms with van der Waals surface area (Å²) in [5.41, 5.74) is 2.56. The summed E-state index contributed by atoms with van der Waals surface area (Å²) in [4.78, 5) is 0.278. The van der Waals surface area contributed by atoms with Crippen molar-refractivity contribution < 1.29 is 13.2 Å². The molecule has 0 saturated heterocycles. The lowest BCUT2D eigenvalue weighted by molar-refractivity contribution is 0.415. The van der Waals surface area contributed by atoms with E-state index < -0.39 is 10.0 Å². The second-order valence-corrected chi connectivity index (χ2v) is 6.51. The van der Waals surface area contributed by atoms with Crippen molar-refractivity contribution in [1.82, 2.24) is 0 Å². The molecule has 0 radical (unpaired) electrons. The van der Waals surface area contributed by atoms with Crippen LogP contribution >= 0.6 is 0 Å². The molecule has 2 N–H and O–H groups in total. The van der Waals surface area contributed by atoms with E-state index >= 15 is 0 Å². The highest BCUT2D eigenvalue weighted by Gasteiger charge is 2.18. The molecule has 0 bridgehead atoms. The second kappa shape index (κ2) is 5.29. The number of rotatable bonds is 4. The zero-order valence-electron chi connectivity index (χ0n) is 11.6. The molecule has 1 aliphatic rings. The topological polar surface area (TPSA) is 67.4 Å². The Morgan fingerprint density at radius 1 is 1.14 bits per heavy atom. The maximum absolute atomic E-state index is 12.4. The Kier molecular flexibility index (Phi) is 3.47. The number of hydrogen-bond donors (Lipinski definition) is 2. The molecule has 6 heteroatoms. The van der Waals surface area contributed by atoms with Crippen LogP contribution in [0.15, 0.2) is 47.4 Å². The molecule has 0 saturated carbocycles. The monoisotopic (exact) mass is 304 g/mol. The van der Waals surface area contributed by atoms with E-state index in [9.17, 15) is 8.42 Å². The van der Waals surface area contributed by atoms with Crippen LogP contribution in [0.2, 0.25) is 0 Å². The minimum absolute atomic E-state index is 0.278. The highest BCUT2D eigenvalue weighted by molar-refractivity contribution is 7.92. The van der Waals surface area contributed by atoms with E-state index in [-0.39, 0.29) is 4.90 Å². The number of sulfonamides is 1. The average molecular weight is 304 g/mol. The van der Waals surface area contributed by atoms with Crippen LogP contribution in [0.5, 0.6) is 5.75 Å². The van der Waals surface area contributed by atoms with Crippen LogP contribution in [0.1, 0.15) is 5.56 Å². The van der Waals surface area contributed by atoms with Crippen molar-refractivity contribution in [2.24, 2.45) is 0 Å². The summed E-state index contributed by atoms with van der Waals surface area (Å²) in [5.74, 6) is 0.682. The third-order valence-electron chi connectivity index (χ3n) is 3.44. The van der Waals surface area contributed by atoms with E-state index in [1.54, 1.807) is 43.5 Å². The molecule has 5 nitrogen and oxygen atoms in total. The Hall–Kier alpha value is -2.21. The van der Waals surface area contributed by atoms with E-state index in [4.69, 9.17) is 4.74 Å². The van der Waals surface area contributed by atoms with Gasteiger partial charge in [-0.3, -0.25) is 4.72 Å². The Bertz CT molecular complexity index is 755. The Morgan fingerprint density at radius 2 is 1.90 bits per heavy atom. The van der Waals surface area contributed by atoms with Crippen LogP contribution in [0.3, 0.4) is 0 Å². The van der Waals surface area contributed by atoms with E-state index in [1.807, 2.05) is 6.07 Å². The van der Waals surface area contributed by atoms with Gasteiger partial charge in [0.15, 0.2) is 0 Å². The Balaban J connectivity index is 1.86. The molecule has 0 fully saturated rings. The quantitative estimate of drug-likeness (QED) is 0.910. The van der Waals surface area contributed by atoms with E-state index in [0.29, 0.717) is 11.4 Å². The van der Waals surface area contributed by atoms with Gasteiger partial charge in [-0.15, -0.1) is 0 Å². The largest absolute Gasteiger partial charge is 0.497 e. The molecule has 110 valence electrons. The molecule has 0 unspecified atom stereocenters. The van der Waals surface area contributed by atoms with Gasteiger partial charge in [-0.25, -0.2) is 8.42 Å². The summed E-state index contributed by atoms with van der Waals surface area (Å²) in [6.07, 6.45) is 0.848. The molecule has 0 amide bonds. The van der Waals surface area contributed by atoms with Crippen LogP contribution in [0.25, 0.3) is 0 Å². The lowest BCUT2D eigenvalue weighted by Gasteiger charge is -2.10. The van der Waals surface area contributed by atoms with Gasteiger partial charge in [0.2, 0.25) is 0 Å². The fraction of sp³-hybridized carbons (Fsp3) is 0.200. The van der Waals surface area contributed by atoms with Crippen LogP contribution in [-0.4, -0.2) is 22.1 Å². The number of fused-ring (bicyclic) bond motifs is 1. The fourth-order valence-electron chi connectivity index (χ4n) is 2.32. The van der Waals surface area contributed by atoms with Crippen molar-refractivity contribution in [3.63, 3.8) is 0 Å². The first-order chi connectivity index (χ1) is 10.1. The molecule has 21 heavy (non-hydrogen) atoms. The Morgan fingerprint density at radius 3 is 2.62 bits per heavy atom. The van der Waals surface area contributed by atoms with Crippen LogP contribution < -0.4 is 14.8 Å². The van der Waals surface area contributed by atoms with E-state index in [1.165, 1.54) is 0 Å². The van der Waals surface area contributed by atoms with Gasteiger partial charge in [0.05, 0.1) is 12.0 Å². The van der Waals surface area contributed by atoms with E-state index in [2.05, 4.69) is 10.0 Å². The predicted octanol–water partition coefficient (Wildman–Crippen LogP) is 2.46. The van der Waals surface area contributed by atoms with Crippen molar-refractivity contribution in [2.45, 2.75) is 11.3 Å². The van der Waals surface area contributed by atoms with Crippen LogP contribution in [-0.2, 0) is 16.4 Å². The Labute approximate surface area is 124 Å². The second-order valence-electron chi connectivity index (χ2n) is 4.83. The van der Waals surface area contributed by atoms with Crippen molar-refractivity contribution in [3.8, 4) is 5.75 Å². The van der Waals surface area contributed by atoms with Gasteiger partial charge in [-0.1, -0.05) is 0 Å². The van der Waals surface area contributed by atoms with E-state index in [0.717, 1.165) is 24.2 Å². The van der Waals surface area contributed by atoms with Crippen molar-refractivity contribution >= 4 is 21.4 Å². The number of benzene rings is 2. The summed E-state index contributed by atoms with van der Waals surface area (Å²) >= 11 is 0. The maximum atomic E-state index is 12.4. The number of hydrogen-bond acceptors (Lipinski definition) is 4. The van der Waals surface area contributed by atoms with Crippen LogP contribution in [0, 0.1) is 0 Å². The zero-order chi connectivity index (χ0) is 14.9. The highest BCUT2D eigenvalue weighted by atomic mass is 32.2. The molecular formula is C15H16N2O3S. The summed E-state index contributed by atoms with van der Waals surface area (Å²) in [5, 5.41) is 3.21. The fourth-order valence-corrected chi connectivity index (χ4v) is 3.43. The number of ether oxygens (including phenoxy) is 1. The lowest BCUT2D eigenvalue weighted by Crippen LogP contribution is -2.13. The third kappa shape index (κ3) is 2.80. The molecule has 0 atom stereocenters. The van der Waals surface area contributed by atoms with Gasteiger partial charge in [0.1, 0.15) is 5.75 Å². The van der Waals surface area contributed by atoms with Gasteiger partial charge in [0.25, 0.3) is 10.0 Å². The first-order valence-electron chi connectivity index (χ1n) is 6.62. The predicted molar refractivity (Wildman–Crippen MR) is 82.4 cm³/mol. The molecule has 0 aromatic heterocycles. The maximum Gasteiger partial charge on any atom is 0.261 e. The van der Waals surface area contributed by atoms with Gasteiger partial charge in [-0.05, 0) is 54.4 Å².